The van der Waals surface area contributed by atoms with Gasteiger partial charge >= 0.3 is 0 Å². The van der Waals surface area contributed by atoms with Crippen LogP contribution in [-0.2, 0) is 0 Å². The van der Waals surface area contributed by atoms with E-state index in [1.807, 2.05) is 24.3 Å². The quantitative estimate of drug-likeness (QED) is 0.608. The summed E-state index contributed by atoms with van der Waals surface area (Å²) in [6.07, 6.45) is 2.27. The van der Waals surface area contributed by atoms with E-state index in [-0.39, 0.29) is 0 Å². The number of rotatable bonds is 6. The number of anilines is 1. The minimum Gasteiger partial charge on any atom is -0.356 e. The van der Waals surface area contributed by atoms with Crippen LogP contribution >= 0.6 is 11.6 Å². The van der Waals surface area contributed by atoms with Crippen LogP contribution in [0.5, 0.6) is 0 Å². The number of aromatic amines is 1. The van der Waals surface area contributed by atoms with Crippen molar-refractivity contribution in [3.8, 4) is 0 Å². The van der Waals surface area contributed by atoms with Gasteiger partial charge in [0.2, 0.25) is 5.95 Å². The molecule has 0 radical (unpaired) electrons. The van der Waals surface area contributed by atoms with Crippen molar-refractivity contribution in [2.24, 2.45) is 5.92 Å². The third-order valence-electron chi connectivity index (χ3n) is 2.82. The molecule has 1 unspecified atom stereocenters. The Morgan fingerprint density at radius 2 is 2.24 bits per heavy atom. The Bertz CT molecular complexity index is 433. The smallest absolute Gasteiger partial charge is 0.201 e. The van der Waals surface area contributed by atoms with E-state index in [2.05, 4.69) is 22.2 Å². The van der Waals surface area contributed by atoms with Crippen molar-refractivity contribution in [1.82, 2.24) is 9.97 Å². The first-order valence-electron chi connectivity index (χ1n) is 6.04. The molecule has 0 saturated carbocycles. The van der Waals surface area contributed by atoms with Gasteiger partial charge in [-0.3, -0.25) is 0 Å². The first-order chi connectivity index (χ1) is 8.29. The lowest BCUT2D eigenvalue weighted by Crippen LogP contribution is -2.05. The predicted molar refractivity (Wildman–Crippen MR) is 73.7 cm³/mol. The summed E-state index contributed by atoms with van der Waals surface area (Å²) in [4.78, 5) is 7.71. The van der Waals surface area contributed by atoms with Gasteiger partial charge in [-0.1, -0.05) is 19.1 Å². The van der Waals surface area contributed by atoms with Gasteiger partial charge < -0.3 is 10.3 Å². The van der Waals surface area contributed by atoms with Crippen molar-refractivity contribution in [2.75, 3.05) is 17.7 Å². The Kier molecular flexibility index (Phi) is 4.26. The minimum absolute atomic E-state index is 0.592. The fourth-order valence-electron chi connectivity index (χ4n) is 1.77. The fraction of sp³-hybridized carbons (Fsp3) is 0.462. The van der Waals surface area contributed by atoms with E-state index < -0.39 is 0 Å². The molecule has 17 heavy (non-hydrogen) atoms. The van der Waals surface area contributed by atoms with E-state index in [4.69, 9.17) is 11.6 Å². The number of fused-ring (bicyclic) bond motifs is 1. The van der Waals surface area contributed by atoms with Crippen molar-refractivity contribution < 1.29 is 0 Å². The van der Waals surface area contributed by atoms with Gasteiger partial charge in [-0.05, 0) is 30.9 Å². The van der Waals surface area contributed by atoms with Crippen LogP contribution < -0.4 is 5.32 Å². The number of benzene rings is 1. The topological polar surface area (TPSA) is 40.7 Å². The van der Waals surface area contributed by atoms with Crippen molar-refractivity contribution in [1.29, 1.82) is 0 Å². The number of alkyl halides is 1. The van der Waals surface area contributed by atoms with Crippen LogP contribution in [0.15, 0.2) is 24.3 Å². The van der Waals surface area contributed by atoms with Crippen molar-refractivity contribution in [3.05, 3.63) is 24.3 Å². The molecule has 0 saturated heterocycles. The van der Waals surface area contributed by atoms with Crippen LogP contribution in [-0.4, -0.2) is 22.4 Å². The maximum atomic E-state index is 5.76. The van der Waals surface area contributed by atoms with E-state index in [0.717, 1.165) is 42.2 Å². The Morgan fingerprint density at radius 3 is 3.00 bits per heavy atom. The van der Waals surface area contributed by atoms with E-state index in [1.165, 1.54) is 0 Å². The second kappa shape index (κ2) is 5.92. The zero-order chi connectivity index (χ0) is 12.1. The zero-order valence-corrected chi connectivity index (χ0v) is 10.8. The first-order valence-corrected chi connectivity index (χ1v) is 6.57. The number of nitrogens with zero attached hydrogens (tertiary/aromatic N) is 1. The molecule has 2 N–H and O–H groups in total. The van der Waals surface area contributed by atoms with Gasteiger partial charge in [0.25, 0.3) is 0 Å². The van der Waals surface area contributed by atoms with Crippen LogP contribution in [0.25, 0.3) is 11.0 Å². The Labute approximate surface area is 107 Å². The third-order valence-corrected chi connectivity index (χ3v) is 3.35. The molecule has 3 nitrogen and oxygen atoms in total. The van der Waals surface area contributed by atoms with Crippen LogP contribution in [0.2, 0.25) is 0 Å². The fourth-order valence-corrected chi connectivity index (χ4v) is 1.93. The van der Waals surface area contributed by atoms with Gasteiger partial charge in [0.05, 0.1) is 11.0 Å². The molecular formula is C13H18ClN3. The largest absolute Gasteiger partial charge is 0.356 e. The third kappa shape index (κ3) is 3.37. The number of hydrogen-bond donors (Lipinski definition) is 2. The Balaban J connectivity index is 1.83. The summed E-state index contributed by atoms with van der Waals surface area (Å²) < 4.78 is 0. The molecule has 0 spiro atoms. The number of imidazole rings is 1. The number of aromatic nitrogens is 2. The van der Waals surface area contributed by atoms with Crippen LogP contribution in [0.3, 0.4) is 0 Å². The summed E-state index contributed by atoms with van der Waals surface area (Å²) in [5, 5.41) is 3.30. The second-order valence-electron chi connectivity index (χ2n) is 4.43. The number of para-hydroxylation sites is 2. The Morgan fingerprint density at radius 1 is 1.41 bits per heavy atom. The van der Waals surface area contributed by atoms with E-state index in [9.17, 15) is 0 Å². The maximum Gasteiger partial charge on any atom is 0.201 e. The predicted octanol–water partition coefficient (Wildman–Crippen LogP) is 3.63. The lowest BCUT2D eigenvalue weighted by atomic mass is 10.1. The van der Waals surface area contributed by atoms with Crippen LogP contribution in [0, 0.1) is 5.92 Å². The molecule has 0 bridgehead atoms. The summed E-state index contributed by atoms with van der Waals surface area (Å²) in [5.41, 5.74) is 2.08. The molecule has 0 aliphatic rings. The number of H-pyrrole nitrogens is 1. The molecule has 4 heteroatoms. The van der Waals surface area contributed by atoms with E-state index >= 15 is 0 Å². The molecule has 0 fully saturated rings. The van der Waals surface area contributed by atoms with E-state index in [0.29, 0.717) is 5.92 Å². The summed E-state index contributed by atoms with van der Waals surface area (Å²) in [5.74, 6) is 2.18. The summed E-state index contributed by atoms with van der Waals surface area (Å²) in [6, 6.07) is 8.04. The molecule has 1 aromatic carbocycles. The number of nitrogens with one attached hydrogen (secondary N) is 2. The summed E-state index contributed by atoms with van der Waals surface area (Å²) in [7, 11) is 0. The molecule has 1 atom stereocenters. The van der Waals surface area contributed by atoms with Gasteiger partial charge in [-0.15, -0.1) is 11.6 Å². The van der Waals surface area contributed by atoms with Gasteiger partial charge in [0.1, 0.15) is 0 Å². The monoisotopic (exact) mass is 251 g/mol. The number of hydrogen-bond acceptors (Lipinski definition) is 2. The normalized spacial score (nSPS) is 12.8. The summed E-state index contributed by atoms with van der Waals surface area (Å²) in [6.45, 7) is 3.11. The average Bonchev–Trinajstić information content (AvgIpc) is 2.76. The van der Waals surface area contributed by atoms with Crippen LogP contribution in [0.1, 0.15) is 19.8 Å². The van der Waals surface area contributed by atoms with Gasteiger partial charge in [-0.2, -0.15) is 0 Å². The van der Waals surface area contributed by atoms with Crippen molar-refractivity contribution in [3.63, 3.8) is 0 Å². The molecule has 2 aromatic rings. The highest BCUT2D eigenvalue weighted by atomic mass is 35.5. The van der Waals surface area contributed by atoms with Gasteiger partial charge in [-0.25, -0.2) is 4.98 Å². The first kappa shape index (κ1) is 12.2. The molecule has 92 valence electrons. The van der Waals surface area contributed by atoms with Crippen LogP contribution in [0.4, 0.5) is 5.95 Å². The van der Waals surface area contributed by atoms with E-state index in [1.54, 1.807) is 0 Å². The average molecular weight is 252 g/mol. The van der Waals surface area contributed by atoms with Crippen molar-refractivity contribution in [2.45, 2.75) is 19.8 Å². The second-order valence-corrected chi connectivity index (χ2v) is 4.74. The highest BCUT2D eigenvalue weighted by molar-refractivity contribution is 6.18. The molecule has 0 amide bonds. The molecule has 0 aliphatic heterocycles. The minimum atomic E-state index is 0.592. The standard InChI is InChI=1S/C13H18ClN3/c1-10(9-14)5-4-8-15-13-16-11-6-2-3-7-12(11)17-13/h2-3,6-7,10H,4-5,8-9H2,1H3,(H2,15,16,17). The lowest BCUT2D eigenvalue weighted by molar-refractivity contribution is 0.572. The van der Waals surface area contributed by atoms with Gasteiger partial charge in [0, 0.05) is 12.4 Å². The van der Waals surface area contributed by atoms with Crippen molar-refractivity contribution >= 4 is 28.6 Å². The highest BCUT2D eigenvalue weighted by Gasteiger charge is 2.02. The summed E-state index contributed by atoms with van der Waals surface area (Å²) >= 11 is 5.76. The highest BCUT2D eigenvalue weighted by Crippen LogP contribution is 2.13. The SMILES string of the molecule is CC(CCl)CCCNc1nc2ccccc2[nH]1. The zero-order valence-electron chi connectivity index (χ0n) is 10.0. The number of halogens is 1. The molecular weight excluding hydrogens is 234 g/mol. The lowest BCUT2D eigenvalue weighted by Gasteiger charge is -2.06. The molecule has 1 aromatic heterocycles. The molecule has 1 heterocycles. The molecule has 2 rings (SSSR count). The molecule has 0 aliphatic carbocycles. The Hall–Kier alpha value is -1.22. The maximum absolute atomic E-state index is 5.76. The van der Waals surface area contributed by atoms with Gasteiger partial charge in [0.15, 0.2) is 0 Å².